The van der Waals surface area contributed by atoms with E-state index in [2.05, 4.69) is 5.32 Å². The molecule has 0 aliphatic carbocycles. The summed E-state index contributed by atoms with van der Waals surface area (Å²) in [6.45, 7) is 0.0484. The summed E-state index contributed by atoms with van der Waals surface area (Å²) in [5, 5.41) is 13.9. The normalized spacial score (nSPS) is 15.6. The van der Waals surface area contributed by atoms with E-state index in [9.17, 15) is 18.0 Å². The van der Waals surface area contributed by atoms with Crippen LogP contribution in [-0.4, -0.2) is 43.0 Å². The van der Waals surface area contributed by atoms with Crippen molar-refractivity contribution < 1.29 is 27.8 Å². The SMILES string of the molecule is O=C(NCC(O)C(F)(F)F)c1cccc2c1OCCN2. The number of halogens is 3. The molecule has 3 N–H and O–H groups in total. The molecule has 0 aromatic heterocycles. The molecule has 2 rings (SSSR count). The van der Waals surface area contributed by atoms with E-state index in [1.54, 1.807) is 12.1 Å². The minimum Gasteiger partial charge on any atom is -0.489 e. The lowest BCUT2D eigenvalue weighted by Crippen LogP contribution is -2.40. The topological polar surface area (TPSA) is 70.6 Å². The van der Waals surface area contributed by atoms with Crippen LogP contribution in [0.15, 0.2) is 18.2 Å². The lowest BCUT2D eigenvalue weighted by Gasteiger charge is -2.21. The molecule has 1 aliphatic rings. The first-order chi connectivity index (χ1) is 9.39. The Morgan fingerprint density at radius 1 is 1.50 bits per heavy atom. The number of fused-ring (bicyclic) bond motifs is 1. The third-order valence-corrected chi connectivity index (χ3v) is 2.76. The third-order valence-electron chi connectivity index (χ3n) is 2.76. The first kappa shape index (κ1) is 14.4. The van der Waals surface area contributed by atoms with Gasteiger partial charge in [0, 0.05) is 6.54 Å². The number of aliphatic hydroxyl groups is 1. The van der Waals surface area contributed by atoms with Gasteiger partial charge in [0.05, 0.1) is 17.8 Å². The van der Waals surface area contributed by atoms with Crippen LogP contribution in [0, 0.1) is 0 Å². The van der Waals surface area contributed by atoms with Gasteiger partial charge in [-0.15, -0.1) is 0 Å². The van der Waals surface area contributed by atoms with Crippen LogP contribution in [0.3, 0.4) is 0 Å². The number of nitrogens with one attached hydrogen (secondary N) is 2. The number of para-hydroxylation sites is 1. The summed E-state index contributed by atoms with van der Waals surface area (Å²) in [6, 6.07) is 4.74. The zero-order chi connectivity index (χ0) is 14.8. The standard InChI is InChI=1S/C12H13F3N2O3/c13-12(14,15)9(18)6-17-11(19)7-2-1-3-8-10(7)20-5-4-16-8/h1-3,9,16,18H,4-6H2,(H,17,19). The number of carbonyl (C=O) groups excluding carboxylic acids is 1. The summed E-state index contributed by atoms with van der Waals surface area (Å²) < 4.78 is 41.8. The highest BCUT2D eigenvalue weighted by Crippen LogP contribution is 2.31. The van der Waals surface area contributed by atoms with Crippen molar-refractivity contribution in [2.45, 2.75) is 12.3 Å². The summed E-state index contributed by atoms with van der Waals surface area (Å²) in [7, 11) is 0. The fraction of sp³-hybridized carbons (Fsp3) is 0.417. The summed E-state index contributed by atoms with van der Waals surface area (Å²) in [5.74, 6) is -0.424. The van der Waals surface area contributed by atoms with Crippen LogP contribution in [0.5, 0.6) is 5.75 Å². The van der Waals surface area contributed by atoms with Crippen molar-refractivity contribution in [1.82, 2.24) is 5.32 Å². The third kappa shape index (κ3) is 3.13. The Labute approximate surface area is 112 Å². The second-order valence-corrected chi connectivity index (χ2v) is 4.22. The molecule has 8 heteroatoms. The number of anilines is 1. The van der Waals surface area contributed by atoms with E-state index in [0.29, 0.717) is 24.6 Å². The van der Waals surface area contributed by atoms with Crippen molar-refractivity contribution in [3.63, 3.8) is 0 Å². The van der Waals surface area contributed by atoms with Gasteiger partial charge >= 0.3 is 6.18 Å². The molecule has 0 saturated heterocycles. The van der Waals surface area contributed by atoms with Crippen molar-refractivity contribution in [2.24, 2.45) is 0 Å². The first-order valence-corrected chi connectivity index (χ1v) is 5.92. The van der Waals surface area contributed by atoms with Crippen LogP contribution in [0.4, 0.5) is 18.9 Å². The number of alkyl halides is 3. The monoisotopic (exact) mass is 290 g/mol. The maximum atomic E-state index is 12.1. The molecule has 0 bridgehead atoms. The maximum Gasteiger partial charge on any atom is 0.416 e. The number of benzene rings is 1. The molecule has 0 spiro atoms. The average molecular weight is 290 g/mol. The minimum absolute atomic E-state index is 0.129. The van der Waals surface area contributed by atoms with Gasteiger partial charge in [-0.3, -0.25) is 4.79 Å². The van der Waals surface area contributed by atoms with Gasteiger partial charge in [-0.25, -0.2) is 0 Å². The summed E-state index contributed by atoms with van der Waals surface area (Å²) >= 11 is 0. The van der Waals surface area contributed by atoms with Gasteiger partial charge in [0.15, 0.2) is 11.9 Å². The molecule has 1 amide bonds. The Kier molecular flexibility index (Phi) is 4.03. The van der Waals surface area contributed by atoms with Crippen LogP contribution < -0.4 is 15.4 Å². The van der Waals surface area contributed by atoms with E-state index in [1.807, 2.05) is 5.32 Å². The van der Waals surface area contributed by atoms with Crippen LogP contribution in [0.1, 0.15) is 10.4 Å². The Bertz CT molecular complexity index is 505. The summed E-state index contributed by atoms with van der Waals surface area (Å²) in [4.78, 5) is 11.9. The Hall–Kier alpha value is -1.96. The Morgan fingerprint density at radius 3 is 2.95 bits per heavy atom. The lowest BCUT2D eigenvalue weighted by molar-refractivity contribution is -0.201. The molecular formula is C12H13F3N2O3. The highest BCUT2D eigenvalue weighted by atomic mass is 19.4. The second-order valence-electron chi connectivity index (χ2n) is 4.22. The van der Waals surface area contributed by atoms with Gasteiger partial charge < -0.3 is 20.5 Å². The minimum atomic E-state index is -4.76. The predicted molar refractivity (Wildman–Crippen MR) is 64.8 cm³/mol. The van der Waals surface area contributed by atoms with Gasteiger partial charge in [-0.2, -0.15) is 13.2 Å². The van der Waals surface area contributed by atoms with E-state index >= 15 is 0 Å². The Morgan fingerprint density at radius 2 is 2.25 bits per heavy atom. The quantitative estimate of drug-likeness (QED) is 0.781. The number of aliphatic hydroxyl groups excluding tert-OH is 1. The first-order valence-electron chi connectivity index (χ1n) is 5.92. The number of amides is 1. The fourth-order valence-electron chi connectivity index (χ4n) is 1.75. The van der Waals surface area contributed by atoms with Gasteiger partial charge in [0.25, 0.3) is 5.91 Å². The summed E-state index contributed by atoms with van der Waals surface area (Å²) in [6.07, 6.45) is -7.36. The smallest absolute Gasteiger partial charge is 0.416 e. The molecule has 0 fully saturated rings. The molecule has 1 aromatic carbocycles. The van der Waals surface area contributed by atoms with E-state index < -0.39 is 24.7 Å². The molecule has 1 heterocycles. The van der Waals surface area contributed by atoms with E-state index in [4.69, 9.17) is 9.84 Å². The predicted octanol–water partition coefficient (Wildman–Crippen LogP) is 1.14. The zero-order valence-electron chi connectivity index (χ0n) is 10.3. The van der Waals surface area contributed by atoms with Gasteiger partial charge in [-0.05, 0) is 12.1 Å². The van der Waals surface area contributed by atoms with Crippen LogP contribution in [-0.2, 0) is 0 Å². The maximum absolute atomic E-state index is 12.1. The van der Waals surface area contributed by atoms with Crippen LogP contribution >= 0.6 is 0 Å². The molecule has 5 nitrogen and oxygen atoms in total. The molecule has 1 unspecified atom stereocenters. The van der Waals surface area contributed by atoms with Crippen LogP contribution in [0.2, 0.25) is 0 Å². The largest absolute Gasteiger partial charge is 0.489 e. The van der Waals surface area contributed by atoms with Crippen molar-refractivity contribution in [3.05, 3.63) is 23.8 Å². The molecule has 1 aliphatic heterocycles. The molecule has 0 saturated carbocycles. The lowest BCUT2D eigenvalue weighted by atomic mass is 10.1. The van der Waals surface area contributed by atoms with Gasteiger partial charge in [0.1, 0.15) is 6.61 Å². The zero-order valence-corrected chi connectivity index (χ0v) is 10.3. The van der Waals surface area contributed by atoms with Gasteiger partial charge in [0.2, 0.25) is 0 Å². The van der Waals surface area contributed by atoms with E-state index in [0.717, 1.165) is 0 Å². The highest BCUT2D eigenvalue weighted by Gasteiger charge is 2.38. The number of hydrogen-bond acceptors (Lipinski definition) is 4. The molecule has 1 aromatic rings. The highest BCUT2D eigenvalue weighted by molar-refractivity contribution is 5.99. The van der Waals surface area contributed by atoms with E-state index in [1.165, 1.54) is 6.07 Å². The number of carbonyl (C=O) groups is 1. The molecular weight excluding hydrogens is 277 g/mol. The van der Waals surface area contributed by atoms with Crippen molar-refractivity contribution >= 4 is 11.6 Å². The second kappa shape index (κ2) is 5.58. The molecule has 1 atom stereocenters. The Balaban J connectivity index is 2.07. The van der Waals surface area contributed by atoms with Crippen molar-refractivity contribution in [2.75, 3.05) is 25.0 Å². The van der Waals surface area contributed by atoms with E-state index in [-0.39, 0.29) is 5.56 Å². The average Bonchev–Trinajstić information content (AvgIpc) is 2.42. The fourth-order valence-corrected chi connectivity index (χ4v) is 1.75. The van der Waals surface area contributed by atoms with Crippen molar-refractivity contribution in [3.8, 4) is 5.75 Å². The van der Waals surface area contributed by atoms with Crippen LogP contribution in [0.25, 0.3) is 0 Å². The number of hydrogen-bond donors (Lipinski definition) is 3. The molecule has 20 heavy (non-hydrogen) atoms. The molecule has 110 valence electrons. The number of rotatable bonds is 3. The molecule has 0 radical (unpaired) electrons. The van der Waals surface area contributed by atoms with Gasteiger partial charge in [-0.1, -0.05) is 6.07 Å². The van der Waals surface area contributed by atoms with Crippen molar-refractivity contribution in [1.29, 1.82) is 0 Å². The summed E-state index contributed by atoms with van der Waals surface area (Å²) in [5.41, 5.74) is 0.740. The number of ether oxygens (including phenoxy) is 1.